The topological polar surface area (TPSA) is 41.6 Å². The summed E-state index contributed by atoms with van der Waals surface area (Å²) in [5, 5.41) is 3.19. The van der Waals surface area contributed by atoms with Gasteiger partial charge in [-0.2, -0.15) is 13.2 Å². The number of amides is 1. The summed E-state index contributed by atoms with van der Waals surface area (Å²) in [7, 11) is 0. The van der Waals surface area contributed by atoms with Gasteiger partial charge in [0.25, 0.3) is 0 Å². The van der Waals surface area contributed by atoms with Crippen molar-refractivity contribution >= 4 is 5.91 Å². The zero-order valence-electron chi connectivity index (χ0n) is 16.0. The van der Waals surface area contributed by atoms with Crippen molar-refractivity contribution in [3.63, 3.8) is 0 Å². The fraction of sp³-hybridized carbons (Fsp3) is 0.650. The minimum atomic E-state index is -4.32. The molecule has 7 heteroatoms. The van der Waals surface area contributed by atoms with Crippen LogP contribution in [0, 0.1) is 0 Å². The van der Waals surface area contributed by atoms with Gasteiger partial charge in [-0.05, 0) is 51.3 Å². The third-order valence-corrected chi connectivity index (χ3v) is 4.68. The number of nitrogens with one attached hydrogen (secondary N) is 1. The Hall–Kier alpha value is -1.60. The van der Waals surface area contributed by atoms with Crippen molar-refractivity contribution in [3.05, 3.63) is 35.4 Å². The largest absolute Gasteiger partial charge is 0.416 e. The van der Waals surface area contributed by atoms with E-state index in [-0.39, 0.29) is 18.1 Å². The Bertz CT molecular complexity index is 605. The Morgan fingerprint density at radius 2 is 2.11 bits per heavy atom. The van der Waals surface area contributed by atoms with Gasteiger partial charge in [-0.3, -0.25) is 4.79 Å². The molecule has 1 aromatic rings. The molecule has 1 heterocycles. The highest BCUT2D eigenvalue weighted by molar-refractivity contribution is 5.78. The second-order valence-electron chi connectivity index (χ2n) is 7.22. The number of carbonyl (C=O) groups excluding carboxylic acids is 1. The van der Waals surface area contributed by atoms with Gasteiger partial charge in [0.1, 0.15) is 0 Å². The standard InChI is InChI=1S/C20H29F3N2O2/c1-15(2)27-12-4-11-25-18(7-8-19(25)26)9-10-24-14-16-5-3-6-17(13-16)20(21,22)23/h3,5-6,13,15,18,24H,4,7-12,14H2,1-2H3/t18-/m0/s1. The fourth-order valence-corrected chi connectivity index (χ4v) is 3.31. The summed E-state index contributed by atoms with van der Waals surface area (Å²) in [5.41, 5.74) is -0.0204. The average molecular weight is 386 g/mol. The monoisotopic (exact) mass is 386 g/mol. The van der Waals surface area contributed by atoms with E-state index in [1.807, 2.05) is 18.7 Å². The van der Waals surface area contributed by atoms with E-state index in [2.05, 4.69) is 5.32 Å². The van der Waals surface area contributed by atoms with E-state index in [0.29, 0.717) is 38.2 Å². The Balaban J connectivity index is 1.73. The van der Waals surface area contributed by atoms with Crippen molar-refractivity contribution in [1.82, 2.24) is 10.2 Å². The van der Waals surface area contributed by atoms with E-state index in [1.165, 1.54) is 12.1 Å². The zero-order valence-corrected chi connectivity index (χ0v) is 16.0. The third-order valence-electron chi connectivity index (χ3n) is 4.68. The van der Waals surface area contributed by atoms with Crippen LogP contribution in [-0.2, 0) is 22.3 Å². The predicted octanol–water partition coefficient (Wildman–Crippen LogP) is 3.99. The van der Waals surface area contributed by atoms with Crippen LogP contribution in [0.5, 0.6) is 0 Å². The molecule has 27 heavy (non-hydrogen) atoms. The van der Waals surface area contributed by atoms with Crippen LogP contribution in [0.25, 0.3) is 0 Å². The molecule has 0 radical (unpaired) electrons. The molecule has 0 aromatic heterocycles. The number of rotatable bonds is 10. The number of carbonyl (C=O) groups is 1. The molecule has 4 nitrogen and oxygen atoms in total. The van der Waals surface area contributed by atoms with E-state index < -0.39 is 11.7 Å². The molecule has 1 amide bonds. The molecule has 1 aliphatic rings. The highest BCUT2D eigenvalue weighted by Gasteiger charge is 2.31. The molecule has 1 atom stereocenters. The Kier molecular flexibility index (Phi) is 8.10. The molecule has 1 N–H and O–H groups in total. The molecule has 1 saturated heterocycles. The number of alkyl halides is 3. The summed E-state index contributed by atoms with van der Waals surface area (Å²) < 4.78 is 43.8. The molecule has 1 fully saturated rings. The van der Waals surface area contributed by atoms with Crippen LogP contribution in [-0.4, -0.2) is 42.6 Å². The lowest BCUT2D eigenvalue weighted by Crippen LogP contribution is -2.36. The zero-order chi connectivity index (χ0) is 19.9. The Morgan fingerprint density at radius 3 is 2.81 bits per heavy atom. The molecule has 152 valence electrons. The fourth-order valence-electron chi connectivity index (χ4n) is 3.31. The molecule has 0 spiro atoms. The maximum absolute atomic E-state index is 12.7. The molecular weight excluding hydrogens is 357 g/mol. The third kappa shape index (κ3) is 7.14. The van der Waals surface area contributed by atoms with Gasteiger partial charge in [0.2, 0.25) is 5.91 Å². The van der Waals surface area contributed by atoms with Crippen molar-refractivity contribution in [3.8, 4) is 0 Å². The summed E-state index contributed by atoms with van der Waals surface area (Å²) >= 11 is 0. The smallest absolute Gasteiger partial charge is 0.379 e. The summed E-state index contributed by atoms with van der Waals surface area (Å²) in [6.45, 7) is 6.35. The summed E-state index contributed by atoms with van der Waals surface area (Å²) in [6, 6.07) is 5.56. The van der Waals surface area contributed by atoms with Crippen molar-refractivity contribution in [1.29, 1.82) is 0 Å². The van der Waals surface area contributed by atoms with Gasteiger partial charge in [0, 0.05) is 32.2 Å². The SMILES string of the molecule is CC(C)OCCCN1C(=O)CC[C@H]1CCNCc1cccc(C(F)(F)F)c1. The van der Waals surface area contributed by atoms with Crippen molar-refractivity contribution in [2.75, 3.05) is 19.7 Å². The molecule has 2 rings (SSSR count). The number of benzene rings is 1. The second kappa shape index (κ2) is 10.1. The van der Waals surface area contributed by atoms with Gasteiger partial charge in [0.15, 0.2) is 0 Å². The lowest BCUT2D eigenvalue weighted by Gasteiger charge is -2.25. The first-order chi connectivity index (χ1) is 12.8. The van der Waals surface area contributed by atoms with Crippen LogP contribution in [0.1, 0.15) is 50.7 Å². The number of likely N-dealkylation sites (tertiary alicyclic amines) is 1. The van der Waals surface area contributed by atoms with E-state index in [1.54, 1.807) is 6.07 Å². The molecule has 1 aromatic carbocycles. The first-order valence-electron chi connectivity index (χ1n) is 9.55. The number of nitrogens with zero attached hydrogens (tertiary/aromatic N) is 1. The van der Waals surface area contributed by atoms with Crippen LogP contribution in [0.2, 0.25) is 0 Å². The minimum Gasteiger partial charge on any atom is -0.379 e. The molecule has 1 aliphatic heterocycles. The van der Waals surface area contributed by atoms with E-state index in [0.717, 1.165) is 25.3 Å². The maximum Gasteiger partial charge on any atom is 0.416 e. The van der Waals surface area contributed by atoms with Crippen LogP contribution < -0.4 is 5.32 Å². The van der Waals surface area contributed by atoms with Gasteiger partial charge in [-0.1, -0.05) is 18.2 Å². The summed E-state index contributed by atoms with van der Waals surface area (Å²) in [4.78, 5) is 14.0. The van der Waals surface area contributed by atoms with Gasteiger partial charge in [-0.15, -0.1) is 0 Å². The lowest BCUT2D eigenvalue weighted by molar-refractivity contribution is -0.137. The van der Waals surface area contributed by atoms with Gasteiger partial charge in [0.05, 0.1) is 11.7 Å². The molecule has 0 saturated carbocycles. The van der Waals surface area contributed by atoms with E-state index in [4.69, 9.17) is 4.74 Å². The lowest BCUT2D eigenvalue weighted by atomic mass is 10.1. The predicted molar refractivity (Wildman–Crippen MR) is 98.2 cm³/mol. The first kappa shape index (κ1) is 21.7. The maximum atomic E-state index is 12.7. The average Bonchev–Trinajstić information content (AvgIpc) is 2.95. The first-order valence-corrected chi connectivity index (χ1v) is 9.55. The van der Waals surface area contributed by atoms with Crippen molar-refractivity contribution < 1.29 is 22.7 Å². The summed E-state index contributed by atoms with van der Waals surface area (Å²) in [5.74, 6) is 0.183. The van der Waals surface area contributed by atoms with Crippen LogP contribution in [0.15, 0.2) is 24.3 Å². The molecule has 0 bridgehead atoms. The van der Waals surface area contributed by atoms with E-state index in [9.17, 15) is 18.0 Å². The molecule has 0 unspecified atom stereocenters. The number of hydrogen-bond acceptors (Lipinski definition) is 3. The summed E-state index contributed by atoms with van der Waals surface area (Å²) in [6.07, 6.45) is -1.10. The highest BCUT2D eigenvalue weighted by atomic mass is 19.4. The van der Waals surface area contributed by atoms with Crippen molar-refractivity contribution in [2.24, 2.45) is 0 Å². The molecule has 0 aliphatic carbocycles. The minimum absolute atomic E-state index is 0.183. The van der Waals surface area contributed by atoms with Gasteiger partial charge in [-0.25, -0.2) is 0 Å². The Labute approximate surface area is 159 Å². The van der Waals surface area contributed by atoms with Gasteiger partial charge < -0.3 is 15.0 Å². The van der Waals surface area contributed by atoms with Crippen LogP contribution in [0.4, 0.5) is 13.2 Å². The molecular formula is C20H29F3N2O2. The van der Waals surface area contributed by atoms with Crippen LogP contribution in [0.3, 0.4) is 0 Å². The Morgan fingerprint density at radius 1 is 1.33 bits per heavy atom. The number of ether oxygens (including phenoxy) is 1. The quantitative estimate of drug-likeness (QED) is 0.618. The highest BCUT2D eigenvalue weighted by Crippen LogP contribution is 2.29. The second-order valence-corrected chi connectivity index (χ2v) is 7.22. The number of halogens is 3. The van der Waals surface area contributed by atoms with Crippen LogP contribution >= 0.6 is 0 Å². The van der Waals surface area contributed by atoms with Crippen molar-refractivity contribution in [2.45, 2.75) is 64.4 Å². The number of hydrogen-bond donors (Lipinski definition) is 1. The normalized spacial score (nSPS) is 17.9. The van der Waals surface area contributed by atoms with Gasteiger partial charge >= 0.3 is 6.18 Å². The van der Waals surface area contributed by atoms with E-state index >= 15 is 0 Å².